The monoisotopic (exact) mass is 571 g/mol. The van der Waals surface area contributed by atoms with Crippen molar-refractivity contribution in [2.45, 2.75) is 64.3 Å². The summed E-state index contributed by atoms with van der Waals surface area (Å²) in [5.74, 6) is -0.957. The molecule has 2 heterocycles. The van der Waals surface area contributed by atoms with Crippen molar-refractivity contribution in [3.63, 3.8) is 0 Å². The van der Waals surface area contributed by atoms with Crippen molar-refractivity contribution in [3.05, 3.63) is 13.9 Å². The van der Waals surface area contributed by atoms with Gasteiger partial charge in [0.05, 0.1) is 5.92 Å². The number of hydrogen-bond acceptors (Lipinski definition) is 6. The fourth-order valence-corrected chi connectivity index (χ4v) is 5.21. The molecule has 32 heavy (non-hydrogen) atoms. The van der Waals surface area contributed by atoms with Crippen LogP contribution in [0.3, 0.4) is 0 Å². The summed E-state index contributed by atoms with van der Waals surface area (Å²) in [5.41, 5.74) is 4.14. The second-order valence-corrected chi connectivity index (χ2v) is 10.8. The molecule has 1 aromatic rings. The van der Waals surface area contributed by atoms with Gasteiger partial charge in [-0.1, -0.05) is 0 Å². The maximum absolute atomic E-state index is 13.6. The van der Waals surface area contributed by atoms with Gasteiger partial charge in [0.1, 0.15) is 15.0 Å². The van der Waals surface area contributed by atoms with Crippen LogP contribution < -0.4 is 21.5 Å². The number of nitrogens with zero attached hydrogens (tertiary/aromatic N) is 3. The zero-order valence-electron chi connectivity index (χ0n) is 18.6. The van der Waals surface area contributed by atoms with Gasteiger partial charge in [0.2, 0.25) is 5.95 Å². The molecule has 0 unspecified atom stereocenters. The summed E-state index contributed by atoms with van der Waals surface area (Å²) in [7, 11) is 1.60. The molecule has 180 valence electrons. The summed E-state index contributed by atoms with van der Waals surface area (Å²) in [6, 6.07) is -0.648. The summed E-state index contributed by atoms with van der Waals surface area (Å²) in [4.78, 5) is 30.9. The molecule has 1 aromatic heterocycles. The minimum atomic E-state index is -4.33. The van der Waals surface area contributed by atoms with Gasteiger partial charge in [-0.2, -0.15) is 18.2 Å². The average molecular weight is 571 g/mol. The lowest BCUT2D eigenvalue weighted by atomic mass is 9.73. The van der Waals surface area contributed by atoms with E-state index in [9.17, 15) is 22.8 Å². The van der Waals surface area contributed by atoms with E-state index in [4.69, 9.17) is 10.5 Å². The van der Waals surface area contributed by atoms with Crippen molar-refractivity contribution >= 4 is 40.5 Å². The van der Waals surface area contributed by atoms with Crippen molar-refractivity contribution in [1.29, 1.82) is 0 Å². The lowest BCUT2D eigenvalue weighted by molar-refractivity contribution is -0.175. The van der Waals surface area contributed by atoms with E-state index in [1.165, 1.54) is 4.57 Å². The van der Waals surface area contributed by atoms with Crippen molar-refractivity contribution in [3.8, 4) is 0 Å². The number of rotatable bonds is 2. The van der Waals surface area contributed by atoms with Crippen LogP contribution in [0, 0.1) is 14.9 Å². The van der Waals surface area contributed by atoms with Crippen molar-refractivity contribution in [2.24, 2.45) is 18.4 Å². The smallest absolute Gasteiger partial charge is 0.407 e. The van der Waals surface area contributed by atoms with Crippen LogP contribution in [0.1, 0.15) is 46.5 Å². The largest absolute Gasteiger partial charge is 0.444 e. The van der Waals surface area contributed by atoms with E-state index in [-0.39, 0.29) is 24.2 Å². The second kappa shape index (κ2) is 8.56. The number of alkyl carbamates (subject to hydrolysis) is 1. The third-order valence-electron chi connectivity index (χ3n) is 6.35. The van der Waals surface area contributed by atoms with Gasteiger partial charge >= 0.3 is 12.3 Å². The molecule has 1 aliphatic carbocycles. The van der Waals surface area contributed by atoms with E-state index >= 15 is 0 Å². The quantitative estimate of drug-likeness (QED) is 0.528. The zero-order chi connectivity index (χ0) is 24.1. The van der Waals surface area contributed by atoms with Crippen LogP contribution in [0.15, 0.2) is 4.79 Å². The number of alkyl halides is 3. The highest BCUT2D eigenvalue weighted by Gasteiger charge is 2.56. The summed E-state index contributed by atoms with van der Waals surface area (Å²) >= 11 is 1.84. The lowest BCUT2D eigenvalue weighted by Crippen LogP contribution is -2.51. The number of amides is 1. The van der Waals surface area contributed by atoms with Crippen LogP contribution in [0.5, 0.6) is 0 Å². The third-order valence-corrected chi connectivity index (χ3v) is 7.36. The van der Waals surface area contributed by atoms with Gasteiger partial charge < -0.3 is 20.7 Å². The van der Waals surface area contributed by atoms with Gasteiger partial charge in [-0.25, -0.2) is 4.79 Å². The maximum Gasteiger partial charge on any atom is 0.407 e. The van der Waals surface area contributed by atoms with E-state index in [1.807, 2.05) is 27.5 Å². The Kier molecular flexibility index (Phi) is 6.66. The summed E-state index contributed by atoms with van der Waals surface area (Å²) in [5, 5.41) is 2.72. The zero-order valence-corrected chi connectivity index (χ0v) is 20.7. The molecule has 0 aromatic carbocycles. The molecule has 1 amide bonds. The van der Waals surface area contributed by atoms with Gasteiger partial charge in [-0.3, -0.25) is 9.36 Å². The minimum Gasteiger partial charge on any atom is -0.444 e. The summed E-state index contributed by atoms with van der Waals surface area (Å²) in [6.07, 6.45) is -4.42. The molecule has 8 nitrogen and oxygen atoms in total. The van der Waals surface area contributed by atoms with Gasteiger partial charge in [0, 0.05) is 26.2 Å². The number of carbonyl (C=O) groups is 1. The van der Waals surface area contributed by atoms with Crippen LogP contribution in [0.4, 0.5) is 29.7 Å². The summed E-state index contributed by atoms with van der Waals surface area (Å²) < 4.78 is 47.8. The standard InChI is InChI=1S/C20H29F3IN5O3/c1-18(2,3)32-17(31)26-12-9-11(20(21,22)23)10-19(12)5-7-29(8-6-19)16-27-14(25)13(24)15(30)28(16)4/h11-12H,5-10,25H2,1-4H3,(H,26,31)/t11-,12+/m0/s1. The van der Waals surface area contributed by atoms with Crippen molar-refractivity contribution in [1.82, 2.24) is 14.9 Å². The van der Waals surface area contributed by atoms with Crippen LogP contribution in [0.25, 0.3) is 0 Å². The molecule has 3 N–H and O–H groups in total. The van der Waals surface area contributed by atoms with Gasteiger partial charge in [-0.15, -0.1) is 0 Å². The first-order valence-electron chi connectivity index (χ1n) is 10.5. The van der Waals surface area contributed by atoms with E-state index in [2.05, 4.69) is 10.3 Å². The molecule has 2 atom stereocenters. The number of carbonyl (C=O) groups excluding carboxylic acids is 1. The molecule has 1 saturated heterocycles. The van der Waals surface area contributed by atoms with Crippen LogP contribution in [0.2, 0.25) is 0 Å². The number of hydrogen-bond donors (Lipinski definition) is 2. The van der Waals surface area contributed by atoms with Gasteiger partial charge in [0.25, 0.3) is 5.56 Å². The first-order valence-corrected chi connectivity index (χ1v) is 11.5. The predicted molar refractivity (Wildman–Crippen MR) is 122 cm³/mol. The number of ether oxygens (including phenoxy) is 1. The maximum atomic E-state index is 13.6. The van der Waals surface area contributed by atoms with Gasteiger partial charge in [-0.05, 0) is 74.5 Å². The number of nitrogens with one attached hydrogen (secondary N) is 1. The van der Waals surface area contributed by atoms with E-state index in [0.29, 0.717) is 35.4 Å². The fraction of sp³-hybridized carbons (Fsp3) is 0.750. The highest BCUT2D eigenvalue weighted by atomic mass is 127. The number of nitrogen functional groups attached to an aromatic ring is 1. The Morgan fingerprint density at radius 1 is 1.28 bits per heavy atom. The second-order valence-electron chi connectivity index (χ2n) is 9.70. The Morgan fingerprint density at radius 3 is 2.41 bits per heavy atom. The molecule has 2 fully saturated rings. The number of halogens is 4. The van der Waals surface area contributed by atoms with Crippen LogP contribution in [-0.2, 0) is 11.8 Å². The molecule has 1 spiro atoms. The molecule has 3 rings (SSSR count). The highest BCUT2D eigenvalue weighted by molar-refractivity contribution is 14.1. The third kappa shape index (κ3) is 5.09. The fourth-order valence-electron chi connectivity index (χ4n) is 4.73. The van der Waals surface area contributed by atoms with Gasteiger partial charge in [0.15, 0.2) is 0 Å². The average Bonchev–Trinajstić information content (AvgIpc) is 3.00. The molecule has 1 saturated carbocycles. The Labute approximate surface area is 198 Å². The highest BCUT2D eigenvalue weighted by Crippen LogP contribution is 2.53. The molecular weight excluding hydrogens is 542 g/mol. The number of piperidine rings is 1. The van der Waals surface area contributed by atoms with Crippen molar-refractivity contribution in [2.75, 3.05) is 23.7 Å². The van der Waals surface area contributed by atoms with E-state index < -0.39 is 35.2 Å². The number of aromatic nitrogens is 2. The minimum absolute atomic E-state index is 0.0496. The molecular formula is C20H29F3IN5O3. The van der Waals surface area contributed by atoms with Crippen LogP contribution >= 0.6 is 22.6 Å². The molecule has 0 bridgehead atoms. The molecule has 12 heteroatoms. The first kappa shape index (κ1) is 24.9. The molecule has 2 aliphatic rings. The topological polar surface area (TPSA) is 102 Å². The molecule has 0 radical (unpaired) electrons. The first-order chi connectivity index (χ1) is 14.6. The van der Waals surface area contributed by atoms with Crippen LogP contribution in [-0.4, -0.2) is 46.6 Å². The van der Waals surface area contributed by atoms with E-state index in [0.717, 1.165) is 0 Å². The number of anilines is 2. The Bertz CT molecular complexity index is 936. The lowest BCUT2D eigenvalue weighted by Gasteiger charge is -2.44. The Morgan fingerprint density at radius 2 is 1.88 bits per heavy atom. The van der Waals surface area contributed by atoms with Crippen molar-refractivity contribution < 1.29 is 22.7 Å². The van der Waals surface area contributed by atoms with E-state index in [1.54, 1.807) is 27.8 Å². The predicted octanol–water partition coefficient (Wildman–Crippen LogP) is 3.42. The Hall–Kier alpha value is -1.73. The summed E-state index contributed by atoms with van der Waals surface area (Å²) in [6.45, 7) is 5.92. The Balaban J connectivity index is 1.81. The normalized spacial score (nSPS) is 23.4. The molecule has 1 aliphatic heterocycles. The SMILES string of the molecule is Cn1c(N2CCC3(CC2)C[C@@H](C(F)(F)F)C[C@H]3NC(=O)OC(C)(C)C)nc(N)c(I)c1=O. The number of nitrogens with two attached hydrogens (primary N) is 1.